The van der Waals surface area contributed by atoms with E-state index in [1.165, 1.54) is 0 Å². The Kier molecular flexibility index (Phi) is 4.57. The standard InChI is InChI=1S/C13H24O2/c1-8-13(9-2,12(5,6)7)15-11(14)10(3)4/h3,8-9H2,1-2,4-7H3. The van der Waals surface area contributed by atoms with Gasteiger partial charge in [-0.15, -0.1) is 0 Å². The summed E-state index contributed by atoms with van der Waals surface area (Å²) in [6.45, 7) is 15.7. The number of hydrogen-bond acceptors (Lipinski definition) is 2. The third kappa shape index (κ3) is 3.08. The topological polar surface area (TPSA) is 26.3 Å². The second-order valence-electron chi connectivity index (χ2n) is 5.12. The van der Waals surface area contributed by atoms with Crippen LogP contribution in [0.1, 0.15) is 54.4 Å². The summed E-state index contributed by atoms with van der Waals surface area (Å²) >= 11 is 0. The molecule has 0 unspecified atom stereocenters. The first-order chi connectivity index (χ1) is 6.70. The van der Waals surface area contributed by atoms with E-state index < -0.39 is 0 Å². The van der Waals surface area contributed by atoms with Gasteiger partial charge in [0.15, 0.2) is 0 Å². The Labute approximate surface area is 93.7 Å². The zero-order chi connectivity index (χ0) is 12.3. The Bertz CT molecular complexity index is 242. The van der Waals surface area contributed by atoms with E-state index in [-0.39, 0.29) is 17.0 Å². The fraction of sp³-hybridized carbons (Fsp3) is 0.769. The molecule has 0 aromatic carbocycles. The van der Waals surface area contributed by atoms with Gasteiger partial charge in [0.05, 0.1) is 0 Å². The van der Waals surface area contributed by atoms with Crippen molar-refractivity contribution in [1.82, 2.24) is 0 Å². The van der Waals surface area contributed by atoms with Crippen molar-refractivity contribution in [2.75, 3.05) is 0 Å². The fourth-order valence-corrected chi connectivity index (χ4v) is 1.87. The molecule has 0 aliphatic rings. The number of hydrogen-bond donors (Lipinski definition) is 0. The molecule has 0 radical (unpaired) electrons. The van der Waals surface area contributed by atoms with Crippen molar-refractivity contribution < 1.29 is 9.53 Å². The maximum Gasteiger partial charge on any atom is 0.333 e. The average Bonchev–Trinajstić information content (AvgIpc) is 2.11. The molecule has 0 aliphatic heterocycles. The Morgan fingerprint density at radius 3 is 1.80 bits per heavy atom. The van der Waals surface area contributed by atoms with E-state index in [1.54, 1.807) is 6.92 Å². The van der Waals surface area contributed by atoms with Crippen LogP contribution in [0.15, 0.2) is 12.2 Å². The van der Waals surface area contributed by atoms with E-state index in [9.17, 15) is 4.79 Å². The van der Waals surface area contributed by atoms with Crippen molar-refractivity contribution in [2.45, 2.75) is 60.0 Å². The summed E-state index contributed by atoms with van der Waals surface area (Å²) in [4.78, 5) is 11.6. The summed E-state index contributed by atoms with van der Waals surface area (Å²) in [5.74, 6) is -0.284. The van der Waals surface area contributed by atoms with Crippen LogP contribution in [0.25, 0.3) is 0 Å². The molecule has 0 spiro atoms. The van der Waals surface area contributed by atoms with Crippen molar-refractivity contribution in [3.8, 4) is 0 Å². The van der Waals surface area contributed by atoms with Crippen LogP contribution in [0.3, 0.4) is 0 Å². The summed E-state index contributed by atoms with van der Waals surface area (Å²) in [6, 6.07) is 0. The molecule has 0 N–H and O–H groups in total. The van der Waals surface area contributed by atoms with E-state index in [0.29, 0.717) is 5.57 Å². The fourth-order valence-electron chi connectivity index (χ4n) is 1.87. The Balaban J connectivity index is 4.97. The third-order valence-corrected chi connectivity index (χ3v) is 3.15. The molecule has 0 fully saturated rings. The molecule has 0 heterocycles. The van der Waals surface area contributed by atoms with Crippen LogP contribution in [-0.4, -0.2) is 11.6 Å². The smallest absolute Gasteiger partial charge is 0.333 e. The van der Waals surface area contributed by atoms with Crippen LogP contribution in [-0.2, 0) is 9.53 Å². The lowest BCUT2D eigenvalue weighted by molar-refractivity contribution is -0.170. The van der Waals surface area contributed by atoms with Crippen molar-refractivity contribution in [3.05, 3.63) is 12.2 Å². The molecule has 0 rings (SSSR count). The van der Waals surface area contributed by atoms with Crippen LogP contribution in [0, 0.1) is 5.41 Å². The maximum absolute atomic E-state index is 11.6. The summed E-state index contributed by atoms with van der Waals surface area (Å²) < 4.78 is 5.62. The highest BCUT2D eigenvalue weighted by molar-refractivity contribution is 5.87. The predicted octanol–water partition coefficient (Wildman–Crippen LogP) is 3.71. The maximum atomic E-state index is 11.6. The summed E-state index contributed by atoms with van der Waals surface area (Å²) in [6.07, 6.45) is 1.65. The SMILES string of the molecule is C=C(C)C(=O)OC(CC)(CC)C(C)(C)C. The van der Waals surface area contributed by atoms with Crippen LogP contribution < -0.4 is 0 Å². The van der Waals surface area contributed by atoms with Crippen molar-refractivity contribution in [1.29, 1.82) is 0 Å². The molecule has 0 atom stereocenters. The first kappa shape index (κ1) is 14.2. The van der Waals surface area contributed by atoms with E-state index in [1.807, 2.05) is 0 Å². The van der Waals surface area contributed by atoms with Gasteiger partial charge in [0, 0.05) is 11.0 Å². The van der Waals surface area contributed by atoms with Gasteiger partial charge in [-0.3, -0.25) is 0 Å². The molecule has 0 saturated heterocycles. The minimum Gasteiger partial charge on any atom is -0.455 e. The monoisotopic (exact) mass is 212 g/mol. The zero-order valence-electron chi connectivity index (χ0n) is 10.9. The molecule has 15 heavy (non-hydrogen) atoms. The lowest BCUT2D eigenvalue weighted by atomic mass is 9.73. The second kappa shape index (κ2) is 4.82. The van der Waals surface area contributed by atoms with Gasteiger partial charge < -0.3 is 4.74 Å². The molecule has 0 bridgehead atoms. The van der Waals surface area contributed by atoms with Crippen LogP contribution >= 0.6 is 0 Å². The molecular weight excluding hydrogens is 188 g/mol. The first-order valence-electron chi connectivity index (χ1n) is 5.59. The third-order valence-electron chi connectivity index (χ3n) is 3.15. The highest BCUT2D eigenvalue weighted by Gasteiger charge is 2.42. The van der Waals surface area contributed by atoms with Crippen molar-refractivity contribution in [3.63, 3.8) is 0 Å². The van der Waals surface area contributed by atoms with E-state index in [0.717, 1.165) is 12.8 Å². The second-order valence-corrected chi connectivity index (χ2v) is 5.12. The quantitative estimate of drug-likeness (QED) is 0.524. The van der Waals surface area contributed by atoms with Gasteiger partial charge in [-0.1, -0.05) is 41.2 Å². The summed E-state index contributed by atoms with van der Waals surface area (Å²) in [5.41, 5.74) is 0.0236. The van der Waals surface area contributed by atoms with Gasteiger partial charge in [-0.05, 0) is 19.8 Å². The normalized spacial score (nSPS) is 12.4. The van der Waals surface area contributed by atoms with Crippen LogP contribution in [0.4, 0.5) is 0 Å². The lowest BCUT2D eigenvalue weighted by Gasteiger charge is -2.43. The highest BCUT2D eigenvalue weighted by atomic mass is 16.6. The molecule has 0 amide bonds. The van der Waals surface area contributed by atoms with E-state index in [4.69, 9.17) is 4.74 Å². The molecule has 2 heteroatoms. The average molecular weight is 212 g/mol. The van der Waals surface area contributed by atoms with Crippen LogP contribution in [0.5, 0.6) is 0 Å². The van der Waals surface area contributed by atoms with Gasteiger partial charge in [0.2, 0.25) is 0 Å². The molecule has 0 aromatic heterocycles. The molecular formula is C13H24O2. The Hall–Kier alpha value is -0.790. The molecule has 0 aromatic rings. The van der Waals surface area contributed by atoms with Crippen LogP contribution in [0.2, 0.25) is 0 Å². The molecule has 2 nitrogen and oxygen atoms in total. The van der Waals surface area contributed by atoms with Gasteiger partial charge in [-0.2, -0.15) is 0 Å². The van der Waals surface area contributed by atoms with Crippen molar-refractivity contribution in [2.24, 2.45) is 5.41 Å². The zero-order valence-corrected chi connectivity index (χ0v) is 10.9. The molecule has 0 saturated carbocycles. The minimum atomic E-state index is -0.386. The van der Waals surface area contributed by atoms with Gasteiger partial charge in [-0.25, -0.2) is 4.79 Å². The van der Waals surface area contributed by atoms with Gasteiger partial charge >= 0.3 is 5.97 Å². The predicted molar refractivity (Wildman–Crippen MR) is 63.7 cm³/mol. The largest absolute Gasteiger partial charge is 0.455 e. The number of carbonyl (C=O) groups excluding carboxylic acids is 1. The lowest BCUT2D eigenvalue weighted by Crippen LogP contribution is -2.46. The summed E-state index contributed by atoms with van der Waals surface area (Å²) in [7, 11) is 0. The van der Waals surface area contributed by atoms with E-state index in [2.05, 4.69) is 41.2 Å². The minimum absolute atomic E-state index is 0.0540. The van der Waals surface area contributed by atoms with E-state index >= 15 is 0 Å². The number of esters is 1. The summed E-state index contributed by atoms with van der Waals surface area (Å²) in [5, 5.41) is 0. The number of carbonyl (C=O) groups is 1. The molecule has 0 aliphatic carbocycles. The number of ether oxygens (including phenoxy) is 1. The van der Waals surface area contributed by atoms with Gasteiger partial charge in [0.1, 0.15) is 5.60 Å². The highest BCUT2D eigenvalue weighted by Crippen LogP contribution is 2.39. The Morgan fingerprint density at radius 1 is 1.20 bits per heavy atom. The number of rotatable bonds is 4. The first-order valence-corrected chi connectivity index (χ1v) is 5.59. The van der Waals surface area contributed by atoms with Gasteiger partial charge in [0.25, 0.3) is 0 Å². The Morgan fingerprint density at radius 2 is 1.60 bits per heavy atom. The van der Waals surface area contributed by atoms with Crippen molar-refractivity contribution >= 4 is 5.97 Å². The molecule has 88 valence electrons.